The molecule has 2 aromatic heterocycles. The number of nitrogens with zero attached hydrogens (tertiary/aromatic N) is 4. The van der Waals surface area contributed by atoms with E-state index in [2.05, 4.69) is 27.5 Å². The molecule has 0 unspecified atom stereocenters. The Hall–Kier alpha value is -1.76. The van der Waals surface area contributed by atoms with Crippen LogP contribution in [0.3, 0.4) is 0 Å². The Morgan fingerprint density at radius 2 is 2.10 bits per heavy atom. The fourth-order valence-electron chi connectivity index (χ4n) is 1.86. The third-order valence-electron chi connectivity index (χ3n) is 2.99. The lowest BCUT2D eigenvalue weighted by Crippen LogP contribution is -2.23. The molecule has 0 radical (unpaired) electrons. The van der Waals surface area contributed by atoms with E-state index in [0.29, 0.717) is 12.1 Å². The molecule has 0 atom stereocenters. The van der Waals surface area contributed by atoms with Gasteiger partial charge in [0.05, 0.1) is 18.3 Å². The van der Waals surface area contributed by atoms with Crippen molar-refractivity contribution in [1.82, 2.24) is 25.3 Å². The standard InChI is InChI=1S/C13H19N5OS/c1-4-6-18-9(3)10(7-15-18)13(19)14-8-12-17-16-11(5-2)20-12/h7H,4-6,8H2,1-3H3,(H,14,19). The highest BCUT2D eigenvalue weighted by Gasteiger charge is 2.14. The van der Waals surface area contributed by atoms with Crippen LogP contribution in [0, 0.1) is 6.92 Å². The minimum absolute atomic E-state index is 0.113. The van der Waals surface area contributed by atoms with Gasteiger partial charge in [0, 0.05) is 12.2 Å². The normalized spacial score (nSPS) is 10.8. The van der Waals surface area contributed by atoms with Crippen molar-refractivity contribution < 1.29 is 4.79 Å². The minimum atomic E-state index is -0.113. The number of rotatable bonds is 6. The molecule has 0 fully saturated rings. The molecule has 7 heteroatoms. The van der Waals surface area contributed by atoms with E-state index in [1.807, 2.05) is 18.5 Å². The van der Waals surface area contributed by atoms with Crippen LogP contribution >= 0.6 is 11.3 Å². The second-order valence-electron chi connectivity index (χ2n) is 4.49. The average molecular weight is 293 g/mol. The van der Waals surface area contributed by atoms with Gasteiger partial charge in [-0.15, -0.1) is 10.2 Å². The minimum Gasteiger partial charge on any atom is -0.345 e. The highest BCUT2D eigenvalue weighted by molar-refractivity contribution is 7.11. The van der Waals surface area contributed by atoms with Gasteiger partial charge in [-0.25, -0.2) is 0 Å². The molecule has 0 aliphatic heterocycles. The second-order valence-corrected chi connectivity index (χ2v) is 5.64. The molecule has 0 aliphatic rings. The Morgan fingerprint density at radius 1 is 1.35 bits per heavy atom. The lowest BCUT2D eigenvalue weighted by atomic mass is 10.2. The third kappa shape index (κ3) is 3.22. The molecule has 0 aromatic carbocycles. The summed E-state index contributed by atoms with van der Waals surface area (Å²) in [5.41, 5.74) is 1.52. The van der Waals surface area contributed by atoms with Crippen molar-refractivity contribution in [1.29, 1.82) is 0 Å². The molecule has 20 heavy (non-hydrogen) atoms. The molecule has 0 aliphatic carbocycles. The third-order valence-corrected chi connectivity index (χ3v) is 4.06. The van der Waals surface area contributed by atoms with Gasteiger partial charge in [-0.05, 0) is 19.8 Å². The summed E-state index contributed by atoms with van der Waals surface area (Å²) in [4.78, 5) is 12.1. The zero-order chi connectivity index (χ0) is 14.5. The Kier molecular flexibility index (Phi) is 4.84. The molecule has 0 saturated carbocycles. The molecule has 0 saturated heterocycles. The van der Waals surface area contributed by atoms with Gasteiger partial charge in [0.25, 0.3) is 5.91 Å². The first kappa shape index (κ1) is 14.6. The molecule has 2 aromatic rings. The summed E-state index contributed by atoms with van der Waals surface area (Å²) in [5, 5.41) is 17.0. The predicted molar refractivity (Wildman–Crippen MR) is 77.7 cm³/mol. The maximum Gasteiger partial charge on any atom is 0.255 e. The highest BCUT2D eigenvalue weighted by atomic mass is 32.1. The Labute approximate surface area is 122 Å². The van der Waals surface area contributed by atoms with Gasteiger partial charge in [0.15, 0.2) is 0 Å². The molecule has 0 spiro atoms. The second kappa shape index (κ2) is 6.60. The van der Waals surface area contributed by atoms with Gasteiger partial charge in [0.1, 0.15) is 10.0 Å². The zero-order valence-electron chi connectivity index (χ0n) is 12.0. The SMILES string of the molecule is CCCn1ncc(C(=O)NCc2nnc(CC)s2)c1C. The van der Waals surface area contributed by atoms with Crippen LogP contribution in [-0.4, -0.2) is 25.9 Å². The quantitative estimate of drug-likeness (QED) is 0.883. The summed E-state index contributed by atoms with van der Waals surface area (Å²) in [6.45, 7) is 7.28. The van der Waals surface area contributed by atoms with E-state index >= 15 is 0 Å². The molecule has 2 heterocycles. The number of carbonyl (C=O) groups is 1. The number of carbonyl (C=O) groups excluding carboxylic acids is 1. The molecule has 1 amide bonds. The predicted octanol–water partition coefficient (Wildman–Crippen LogP) is 1.95. The van der Waals surface area contributed by atoms with Gasteiger partial charge in [-0.3, -0.25) is 9.48 Å². The largest absolute Gasteiger partial charge is 0.345 e. The maximum atomic E-state index is 12.1. The zero-order valence-corrected chi connectivity index (χ0v) is 12.8. The van der Waals surface area contributed by atoms with Gasteiger partial charge < -0.3 is 5.32 Å². The summed E-state index contributed by atoms with van der Waals surface area (Å²) in [6.07, 6.45) is 3.49. The van der Waals surface area contributed by atoms with Crippen LogP contribution in [0.2, 0.25) is 0 Å². The lowest BCUT2D eigenvalue weighted by molar-refractivity contribution is 0.0950. The van der Waals surface area contributed by atoms with Crippen LogP contribution in [-0.2, 0) is 19.5 Å². The van der Waals surface area contributed by atoms with Gasteiger partial charge in [-0.1, -0.05) is 25.2 Å². The van der Waals surface area contributed by atoms with Gasteiger partial charge >= 0.3 is 0 Å². The lowest BCUT2D eigenvalue weighted by Gasteiger charge is -2.04. The summed E-state index contributed by atoms with van der Waals surface area (Å²) in [6, 6.07) is 0. The summed E-state index contributed by atoms with van der Waals surface area (Å²) < 4.78 is 1.86. The molecular formula is C13H19N5OS. The Bertz CT molecular complexity index is 589. The summed E-state index contributed by atoms with van der Waals surface area (Å²) >= 11 is 1.53. The molecule has 6 nitrogen and oxygen atoms in total. The van der Waals surface area contributed by atoms with Crippen molar-refractivity contribution in [3.05, 3.63) is 27.5 Å². The number of amides is 1. The number of nitrogens with one attached hydrogen (secondary N) is 1. The van der Waals surface area contributed by atoms with E-state index in [1.165, 1.54) is 11.3 Å². The molecule has 2 rings (SSSR count). The van der Waals surface area contributed by atoms with E-state index < -0.39 is 0 Å². The van der Waals surface area contributed by atoms with Crippen molar-refractivity contribution in [3.63, 3.8) is 0 Å². The average Bonchev–Trinajstić information content (AvgIpc) is 3.04. The van der Waals surface area contributed by atoms with Crippen LogP contribution in [0.15, 0.2) is 6.20 Å². The Balaban J connectivity index is 1.98. The van der Waals surface area contributed by atoms with Crippen molar-refractivity contribution in [3.8, 4) is 0 Å². The maximum absolute atomic E-state index is 12.1. The van der Waals surface area contributed by atoms with E-state index in [1.54, 1.807) is 6.20 Å². The van der Waals surface area contributed by atoms with E-state index in [9.17, 15) is 4.79 Å². The first-order valence-corrected chi connectivity index (χ1v) is 7.59. The van der Waals surface area contributed by atoms with Gasteiger partial charge in [-0.2, -0.15) is 5.10 Å². The fourth-order valence-corrected chi connectivity index (χ4v) is 2.58. The highest BCUT2D eigenvalue weighted by Crippen LogP contribution is 2.11. The van der Waals surface area contributed by atoms with Crippen LogP contribution in [0.25, 0.3) is 0 Å². The number of hydrogen-bond acceptors (Lipinski definition) is 5. The number of aryl methyl sites for hydroxylation is 2. The summed E-state index contributed by atoms with van der Waals surface area (Å²) in [7, 11) is 0. The van der Waals surface area contributed by atoms with Crippen LogP contribution in [0.1, 0.15) is 46.3 Å². The fraction of sp³-hybridized carbons (Fsp3) is 0.538. The van der Waals surface area contributed by atoms with E-state index in [0.717, 1.165) is 35.1 Å². The first-order valence-electron chi connectivity index (χ1n) is 6.77. The van der Waals surface area contributed by atoms with E-state index in [4.69, 9.17) is 0 Å². The smallest absolute Gasteiger partial charge is 0.255 e. The van der Waals surface area contributed by atoms with Crippen molar-refractivity contribution in [2.45, 2.75) is 46.7 Å². The topological polar surface area (TPSA) is 72.7 Å². The molecular weight excluding hydrogens is 274 g/mol. The number of hydrogen-bond donors (Lipinski definition) is 1. The van der Waals surface area contributed by atoms with Crippen molar-refractivity contribution in [2.24, 2.45) is 0 Å². The van der Waals surface area contributed by atoms with Crippen molar-refractivity contribution in [2.75, 3.05) is 0 Å². The molecule has 108 valence electrons. The van der Waals surface area contributed by atoms with Crippen LogP contribution in [0.5, 0.6) is 0 Å². The first-order chi connectivity index (χ1) is 9.65. The van der Waals surface area contributed by atoms with Crippen molar-refractivity contribution >= 4 is 17.2 Å². The van der Waals surface area contributed by atoms with Gasteiger partial charge in [0.2, 0.25) is 0 Å². The Morgan fingerprint density at radius 3 is 2.75 bits per heavy atom. The molecule has 0 bridgehead atoms. The van der Waals surface area contributed by atoms with Crippen LogP contribution in [0.4, 0.5) is 0 Å². The van der Waals surface area contributed by atoms with Crippen LogP contribution < -0.4 is 5.32 Å². The monoisotopic (exact) mass is 293 g/mol. The molecule has 1 N–H and O–H groups in total. The van der Waals surface area contributed by atoms with E-state index in [-0.39, 0.29) is 5.91 Å². The number of aromatic nitrogens is 4. The summed E-state index contributed by atoms with van der Waals surface area (Å²) in [5.74, 6) is -0.113.